The third-order valence-corrected chi connectivity index (χ3v) is 5.81. The Hall–Kier alpha value is -2.77. The number of aromatic nitrogens is 1. The van der Waals surface area contributed by atoms with Crippen molar-refractivity contribution in [2.75, 3.05) is 0 Å². The van der Waals surface area contributed by atoms with Crippen LogP contribution in [0.3, 0.4) is 0 Å². The number of carboxylic acids is 1. The summed E-state index contributed by atoms with van der Waals surface area (Å²) in [5, 5.41) is 18.0. The van der Waals surface area contributed by atoms with Gasteiger partial charge >= 0.3 is 5.97 Å². The van der Waals surface area contributed by atoms with Crippen LogP contribution in [-0.2, 0) is 9.59 Å². The number of nitrogens with zero attached hydrogens (tertiary/aromatic N) is 3. The van der Waals surface area contributed by atoms with Gasteiger partial charge < -0.3 is 5.11 Å². The molecule has 0 saturated carbocycles. The summed E-state index contributed by atoms with van der Waals surface area (Å²) in [6.45, 7) is 0. The molecule has 3 heterocycles. The van der Waals surface area contributed by atoms with Gasteiger partial charge in [-0.25, -0.2) is 9.99 Å². The minimum atomic E-state index is -1.02. The summed E-state index contributed by atoms with van der Waals surface area (Å²) in [6.07, 6.45) is 0.139. The van der Waals surface area contributed by atoms with Gasteiger partial charge in [0, 0.05) is 23.8 Å². The van der Waals surface area contributed by atoms with E-state index in [1.54, 1.807) is 11.3 Å². The molecular formula is C20H16ClN3O3S. The van der Waals surface area contributed by atoms with Gasteiger partial charge in [0.15, 0.2) is 0 Å². The second kappa shape index (κ2) is 7.69. The van der Waals surface area contributed by atoms with Gasteiger partial charge in [-0.3, -0.25) is 9.59 Å². The monoisotopic (exact) mass is 413 g/mol. The average molecular weight is 414 g/mol. The van der Waals surface area contributed by atoms with Crippen LogP contribution in [-0.4, -0.2) is 32.7 Å². The normalized spacial score (nSPS) is 16.4. The lowest BCUT2D eigenvalue weighted by molar-refractivity contribution is -0.141. The van der Waals surface area contributed by atoms with E-state index in [9.17, 15) is 9.59 Å². The quantitative estimate of drug-likeness (QED) is 0.624. The molecule has 0 saturated heterocycles. The molecule has 1 aromatic carbocycles. The maximum absolute atomic E-state index is 12.7. The van der Waals surface area contributed by atoms with Crippen LogP contribution in [0.5, 0.6) is 0 Å². The predicted molar refractivity (Wildman–Crippen MR) is 109 cm³/mol. The Balaban J connectivity index is 1.72. The molecule has 1 aliphatic heterocycles. The van der Waals surface area contributed by atoms with Crippen LogP contribution in [0.4, 0.5) is 0 Å². The lowest BCUT2D eigenvalue weighted by atomic mass is 10.0. The molecule has 0 bridgehead atoms. The highest BCUT2D eigenvalue weighted by Gasteiger charge is 2.35. The van der Waals surface area contributed by atoms with E-state index >= 15 is 0 Å². The highest BCUT2D eigenvalue weighted by Crippen LogP contribution is 2.38. The molecule has 8 heteroatoms. The van der Waals surface area contributed by atoms with E-state index < -0.39 is 12.0 Å². The summed E-state index contributed by atoms with van der Waals surface area (Å²) in [4.78, 5) is 29.0. The third-order valence-electron chi connectivity index (χ3n) is 4.59. The Morgan fingerprint density at radius 1 is 1.21 bits per heavy atom. The number of halogens is 1. The van der Waals surface area contributed by atoms with Crippen LogP contribution in [0.25, 0.3) is 10.9 Å². The first-order valence-electron chi connectivity index (χ1n) is 8.73. The molecule has 0 radical (unpaired) electrons. The van der Waals surface area contributed by atoms with Crippen molar-refractivity contribution in [1.82, 2.24) is 9.99 Å². The van der Waals surface area contributed by atoms with Crippen molar-refractivity contribution in [3.63, 3.8) is 0 Å². The van der Waals surface area contributed by atoms with Crippen LogP contribution in [0.1, 0.15) is 35.7 Å². The second-order valence-corrected chi connectivity index (χ2v) is 7.74. The number of carbonyl (C=O) groups is 2. The Morgan fingerprint density at radius 3 is 2.79 bits per heavy atom. The summed E-state index contributed by atoms with van der Waals surface area (Å²) in [6, 6.07) is 13.0. The van der Waals surface area contributed by atoms with Gasteiger partial charge in [-0.05, 0) is 23.6 Å². The molecule has 28 heavy (non-hydrogen) atoms. The van der Waals surface area contributed by atoms with Crippen molar-refractivity contribution in [1.29, 1.82) is 0 Å². The lowest BCUT2D eigenvalue weighted by Gasteiger charge is -2.22. The van der Waals surface area contributed by atoms with Gasteiger partial charge in [-0.1, -0.05) is 35.9 Å². The number of aliphatic carboxylic acids is 1. The number of pyridine rings is 1. The molecule has 2 aromatic heterocycles. The van der Waals surface area contributed by atoms with E-state index in [1.165, 1.54) is 5.01 Å². The fourth-order valence-electron chi connectivity index (χ4n) is 3.24. The van der Waals surface area contributed by atoms with Gasteiger partial charge in [-0.2, -0.15) is 5.10 Å². The molecule has 1 unspecified atom stereocenters. The Bertz CT molecular complexity index is 1080. The van der Waals surface area contributed by atoms with Crippen molar-refractivity contribution in [2.45, 2.75) is 25.3 Å². The summed E-state index contributed by atoms with van der Waals surface area (Å²) in [5.74, 6) is -1.36. The zero-order valence-corrected chi connectivity index (χ0v) is 16.3. The van der Waals surface area contributed by atoms with Crippen LogP contribution >= 0.6 is 22.9 Å². The summed E-state index contributed by atoms with van der Waals surface area (Å²) < 4.78 is 0. The van der Waals surface area contributed by atoms with Gasteiger partial charge in [0.25, 0.3) is 0 Å². The molecule has 6 nitrogen and oxygen atoms in total. The molecule has 1 N–H and O–H groups in total. The molecule has 4 rings (SSSR count). The second-order valence-electron chi connectivity index (χ2n) is 6.44. The number of rotatable bonds is 5. The zero-order chi connectivity index (χ0) is 19.7. The van der Waals surface area contributed by atoms with Gasteiger partial charge in [-0.15, -0.1) is 11.3 Å². The van der Waals surface area contributed by atoms with E-state index in [-0.39, 0.29) is 18.7 Å². The molecule has 142 valence electrons. The molecule has 3 aromatic rings. The van der Waals surface area contributed by atoms with Crippen LogP contribution in [0.15, 0.2) is 52.9 Å². The SMILES string of the molecule is O=C(O)CCC(=O)N1N=C(c2cccs2)CC1c1cc2ccccc2nc1Cl. The number of hydrogen-bond donors (Lipinski definition) is 1. The molecule has 1 atom stereocenters. The van der Waals surface area contributed by atoms with Crippen LogP contribution in [0, 0.1) is 0 Å². The van der Waals surface area contributed by atoms with Crippen molar-refractivity contribution < 1.29 is 14.7 Å². The summed E-state index contributed by atoms with van der Waals surface area (Å²) >= 11 is 8.01. The number of benzene rings is 1. The van der Waals surface area contributed by atoms with E-state index in [0.717, 1.165) is 21.5 Å². The van der Waals surface area contributed by atoms with E-state index in [2.05, 4.69) is 10.1 Å². The first-order valence-corrected chi connectivity index (χ1v) is 9.99. The average Bonchev–Trinajstić information content (AvgIpc) is 3.35. The highest BCUT2D eigenvalue weighted by molar-refractivity contribution is 7.12. The smallest absolute Gasteiger partial charge is 0.303 e. The van der Waals surface area contributed by atoms with Gasteiger partial charge in [0.05, 0.1) is 28.6 Å². The number of carbonyl (C=O) groups excluding carboxylic acids is 1. The minimum Gasteiger partial charge on any atom is -0.481 e. The number of fused-ring (bicyclic) bond motifs is 1. The number of hydrazone groups is 1. The Labute approximate surface area is 170 Å². The largest absolute Gasteiger partial charge is 0.481 e. The van der Waals surface area contributed by atoms with Crippen molar-refractivity contribution in [2.24, 2.45) is 5.10 Å². The van der Waals surface area contributed by atoms with Crippen molar-refractivity contribution in [3.05, 3.63) is 63.4 Å². The first-order chi connectivity index (χ1) is 13.5. The number of hydrogen-bond acceptors (Lipinski definition) is 5. The summed E-state index contributed by atoms with van der Waals surface area (Å²) in [7, 11) is 0. The van der Waals surface area contributed by atoms with Gasteiger partial charge in [0.1, 0.15) is 5.15 Å². The zero-order valence-electron chi connectivity index (χ0n) is 14.7. The molecule has 1 amide bonds. The molecule has 1 aliphatic rings. The van der Waals surface area contributed by atoms with Gasteiger partial charge in [0.2, 0.25) is 5.91 Å². The standard InChI is InChI=1S/C20H16ClN3O3S/c21-20-13(10-12-4-1-2-5-14(12)22-20)16-11-15(17-6-3-9-28-17)23-24(16)18(25)7-8-19(26)27/h1-6,9-10,16H,7-8,11H2,(H,26,27). The Kier molecular flexibility index (Phi) is 5.11. The van der Waals surface area contributed by atoms with Crippen molar-refractivity contribution in [3.8, 4) is 0 Å². The van der Waals surface area contributed by atoms with E-state index in [0.29, 0.717) is 17.1 Å². The molecule has 0 spiro atoms. The molecular weight excluding hydrogens is 398 g/mol. The minimum absolute atomic E-state index is 0.119. The third kappa shape index (κ3) is 3.63. The molecule has 0 fully saturated rings. The number of thiophene rings is 1. The van der Waals surface area contributed by atoms with Crippen LogP contribution in [0.2, 0.25) is 5.15 Å². The molecule has 0 aliphatic carbocycles. The van der Waals surface area contributed by atoms with Crippen molar-refractivity contribution >= 4 is 51.4 Å². The topological polar surface area (TPSA) is 82.9 Å². The van der Waals surface area contributed by atoms with E-state index in [1.807, 2.05) is 47.8 Å². The maximum atomic E-state index is 12.7. The predicted octanol–water partition coefficient (Wildman–Crippen LogP) is 4.49. The fourth-order valence-corrected chi connectivity index (χ4v) is 4.24. The summed E-state index contributed by atoms with van der Waals surface area (Å²) in [5.41, 5.74) is 2.27. The highest BCUT2D eigenvalue weighted by atomic mass is 35.5. The lowest BCUT2D eigenvalue weighted by Crippen LogP contribution is -2.27. The maximum Gasteiger partial charge on any atom is 0.303 e. The first kappa shape index (κ1) is 18.6. The fraction of sp³-hybridized carbons (Fsp3) is 0.200. The van der Waals surface area contributed by atoms with E-state index in [4.69, 9.17) is 16.7 Å². The Morgan fingerprint density at radius 2 is 2.04 bits per heavy atom. The number of para-hydroxylation sites is 1. The van der Waals surface area contributed by atoms with Crippen LogP contribution < -0.4 is 0 Å². The number of amides is 1. The number of carboxylic acid groups (broad SMARTS) is 1.